The maximum atomic E-state index is 8.58. The maximum absolute atomic E-state index is 8.58. The molecule has 3 N–H and O–H groups in total. The van der Waals surface area contributed by atoms with Crippen molar-refractivity contribution in [2.45, 2.75) is 6.92 Å². The van der Waals surface area contributed by atoms with E-state index in [1.54, 1.807) is 7.05 Å². The van der Waals surface area contributed by atoms with Crippen LogP contribution in [0.25, 0.3) is 0 Å². The third-order valence-electron chi connectivity index (χ3n) is 1.11. The Labute approximate surface area is 68.8 Å². The van der Waals surface area contributed by atoms with Crippen LogP contribution in [0.1, 0.15) is 6.92 Å². The number of nitrogens with two attached hydrogens (primary N) is 1. The Morgan fingerprint density at radius 2 is 2.20 bits per heavy atom. The zero-order valence-corrected chi connectivity index (χ0v) is 7.64. The highest BCUT2D eigenvalue weighted by atomic mass is 79.9. The Hall–Kier alpha value is -0.350. The minimum absolute atomic E-state index is 0.145. The second-order valence-electron chi connectivity index (χ2n) is 1.81. The molecule has 0 unspecified atom stereocenters. The molecule has 0 aliphatic rings. The minimum Gasteiger partial charge on any atom is -0.399 e. The SMILES string of the molecule is CN=C(C)C(Br)=C(N)CO. The number of halogens is 1. The molecule has 0 aromatic rings. The normalized spacial score (nSPS) is 15.0. The Balaban J connectivity index is 4.46. The highest BCUT2D eigenvalue weighted by molar-refractivity contribution is 9.12. The van der Waals surface area contributed by atoms with Gasteiger partial charge in [-0.15, -0.1) is 0 Å². The Kier molecular flexibility index (Phi) is 4.31. The van der Waals surface area contributed by atoms with Gasteiger partial charge in [-0.3, -0.25) is 4.99 Å². The first kappa shape index (κ1) is 9.65. The van der Waals surface area contributed by atoms with Gasteiger partial charge in [0.15, 0.2) is 0 Å². The lowest BCUT2D eigenvalue weighted by atomic mass is 10.3. The summed E-state index contributed by atoms with van der Waals surface area (Å²) >= 11 is 3.19. The molecule has 0 radical (unpaired) electrons. The van der Waals surface area contributed by atoms with E-state index in [9.17, 15) is 0 Å². The van der Waals surface area contributed by atoms with E-state index in [0.29, 0.717) is 10.2 Å². The molecular weight excluding hydrogens is 196 g/mol. The maximum Gasteiger partial charge on any atom is 0.0837 e. The van der Waals surface area contributed by atoms with Crippen molar-refractivity contribution in [3.05, 3.63) is 10.2 Å². The van der Waals surface area contributed by atoms with E-state index in [1.807, 2.05) is 6.92 Å². The average Bonchev–Trinajstić information content (AvgIpc) is 2.00. The predicted octanol–water partition coefficient (Wildman–Crippen LogP) is 0.635. The van der Waals surface area contributed by atoms with E-state index >= 15 is 0 Å². The molecule has 0 atom stereocenters. The number of aliphatic hydroxyl groups is 1. The fraction of sp³-hybridized carbons (Fsp3) is 0.500. The van der Waals surface area contributed by atoms with Crippen molar-refractivity contribution >= 4 is 21.6 Å². The summed E-state index contributed by atoms with van der Waals surface area (Å²) in [7, 11) is 1.67. The molecule has 4 heteroatoms. The molecule has 0 rings (SSSR count). The van der Waals surface area contributed by atoms with Crippen molar-refractivity contribution in [2.75, 3.05) is 13.7 Å². The second-order valence-corrected chi connectivity index (χ2v) is 2.60. The Bertz CT molecular complexity index is 175. The van der Waals surface area contributed by atoms with Crippen LogP contribution in [-0.2, 0) is 0 Å². The lowest BCUT2D eigenvalue weighted by molar-refractivity contribution is 0.329. The highest BCUT2D eigenvalue weighted by Crippen LogP contribution is 2.09. The molecule has 0 heterocycles. The van der Waals surface area contributed by atoms with Gasteiger partial charge < -0.3 is 10.8 Å². The first-order valence-electron chi connectivity index (χ1n) is 2.82. The number of nitrogens with zero attached hydrogens (tertiary/aromatic N) is 1. The summed E-state index contributed by atoms with van der Waals surface area (Å²) in [6, 6.07) is 0. The summed E-state index contributed by atoms with van der Waals surface area (Å²) in [6.07, 6.45) is 0. The van der Waals surface area contributed by atoms with Crippen molar-refractivity contribution in [3.63, 3.8) is 0 Å². The standard InChI is InChI=1S/C6H11BrN2O/c1-4(9-2)6(7)5(8)3-10/h10H,3,8H2,1-2H3. The van der Waals surface area contributed by atoms with Crippen molar-refractivity contribution in [3.8, 4) is 0 Å². The van der Waals surface area contributed by atoms with Crippen LogP contribution >= 0.6 is 15.9 Å². The Morgan fingerprint density at radius 3 is 2.50 bits per heavy atom. The van der Waals surface area contributed by atoms with Crippen molar-refractivity contribution < 1.29 is 5.11 Å². The number of aliphatic imine (C=N–C) groups is 1. The summed E-state index contributed by atoms with van der Waals surface area (Å²) in [4.78, 5) is 3.88. The van der Waals surface area contributed by atoms with Gasteiger partial charge >= 0.3 is 0 Å². The van der Waals surface area contributed by atoms with Crippen LogP contribution in [0.15, 0.2) is 15.2 Å². The van der Waals surface area contributed by atoms with Crippen LogP contribution in [0.5, 0.6) is 0 Å². The molecule has 0 aromatic carbocycles. The topological polar surface area (TPSA) is 58.6 Å². The second kappa shape index (κ2) is 4.46. The lowest BCUT2D eigenvalue weighted by Crippen LogP contribution is -2.08. The smallest absolute Gasteiger partial charge is 0.0837 e. The largest absolute Gasteiger partial charge is 0.399 e. The van der Waals surface area contributed by atoms with E-state index in [0.717, 1.165) is 5.71 Å². The Morgan fingerprint density at radius 1 is 1.70 bits per heavy atom. The molecule has 0 bridgehead atoms. The van der Waals surface area contributed by atoms with Gasteiger partial charge in [-0.25, -0.2) is 0 Å². The van der Waals surface area contributed by atoms with Crippen molar-refractivity contribution in [1.29, 1.82) is 0 Å². The van der Waals surface area contributed by atoms with Gasteiger partial charge in [-0.2, -0.15) is 0 Å². The number of rotatable bonds is 2. The molecule has 0 saturated carbocycles. The molecule has 0 fully saturated rings. The number of aliphatic hydroxyl groups excluding tert-OH is 1. The molecule has 0 aliphatic carbocycles. The van der Waals surface area contributed by atoms with E-state index in [1.165, 1.54) is 0 Å². The molecule has 0 aliphatic heterocycles. The van der Waals surface area contributed by atoms with Gasteiger partial charge in [0.2, 0.25) is 0 Å². The fourth-order valence-electron chi connectivity index (χ4n) is 0.400. The minimum atomic E-state index is -0.145. The van der Waals surface area contributed by atoms with Gasteiger partial charge in [0.1, 0.15) is 0 Å². The van der Waals surface area contributed by atoms with Crippen LogP contribution < -0.4 is 5.73 Å². The van der Waals surface area contributed by atoms with Crippen LogP contribution in [0.2, 0.25) is 0 Å². The number of hydrogen-bond donors (Lipinski definition) is 2. The molecule has 0 aromatic heterocycles. The van der Waals surface area contributed by atoms with Gasteiger partial charge in [0.05, 0.1) is 16.8 Å². The monoisotopic (exact) mass is 206 g/mol. The molecular formula is C6H11BrN2O. The van der Waals surface area contributed by atoms with E-state index in [-0.39, 0.29) is 6.61 Å². The van der Waals surface area contributed by atoms with E-state index in [4.69, 9.17) is 10.8 Å². The van der Waals surface area contributed by atoms with Crippen molar-refractivity contribution in [2.24, 2.45) is 10.7 Å². The van der Waals surface area contributed by atoms with Gasteiger partial charge in [-0.1, -0.05) is 0 Å². The zero-order chi connectivity index (χ0) is 8.15. The average molecular weight is 207 g/mol. The highest BCUT2D eigenvalue weighted by Gasteiger charge is 2.00. The molecule has 58 valence electrons. The molecule has 0 amide bonds. The molecule has 0 spiro atoms. The third kappa shape index (κ3) is 2.49. The van der Waals surface area contributed by atoms with Gasteiger partial charge in [-0.05, 0) is 22.9 Å². The van der Waals surface area contributed by atoms with Crippen LogP contribution in [-0.4, -0.2) is 24.5 Å². The van der Waals surface area contributed by atoms with E-state index in [2.05, 4.69) is 20.9 Å². The van der Waals surface area contributed by atoms with Crippen molar-refractivity contribution in [1.82, 2.24) is 0 Å². The molecule has 3 nitrogen and oxygen atoms in total. The zero-order valence-electron chi connectivity index (χ0n) is 6.06. The summed E-state index contributed by atoms with van der Waals surface area (Å²) < 4.78 is 0.678. The summed E-state index contributed by atoms with van der Waals surface area (Å²) in [5.74, 6) is 0. The number of hydrogen-bond acceptors (Lipinski definition) is 3. The fourth-order valence-corrected chi connectivity index (χ4v) is 0.703. The number of allylic oxidation sites excluding steroid dienone is 1. The quantitative estimate of drug-likeness (QED) is 0.652. The summed E-state index contributed by atoms with van der Waals surface area (Å²) in [5, 5.41) is 8.58. The molecule has 0 saturated heterocycles. The first-order valence-corrected chi connectivity index (χ1v) is 3.61. The van der Waals surface area contributed by atoms with Gasteiger partial charge in [0, 0.05) is 12.8 Å². The van der Waals surface area contributed by atoms with E-state index < -0.39 is 0 Å². The summed E-state index contributed by atoms with van der Waals surface area (Å²) in [6.45, 7) is 1.67. The summed E-state index contributed by atoms with van der Waals surface area (Å²) in [5.41, 5.74) is 6.58. The van der Waals surface area contributed by atoms with Gasteiger partial charge in [0.25, 0.3) is 0 Å². The lowest BCUT2D eigenvalue weighted by Gasteiger charge is -2.00. The van der Waals surface area contributed by atoms with Crippen LogP contribution in [0.3, 0.4) is 0 Å². The predicted molar refractivity (Wildman–Crippen MR) is 46.3 cm³/mol. The first-order chi connectivity index (χ1) is 4.63. The van der Waals surface area contributed by atoms with Crippen LogP contribution in [0, 0.1) is 0 Å². The van der Waals surface area contributed by atoms with Crippen LogP contribution in [0.4, 0.5) is 0 Å². The molecule has 10 heavy (non-hydrogen) atoms. The third-order valence-corrected chi connectivity index (χ3v) is 2.19.